The lowest BCUT2D eigenvalue weighted by molar-refractivity contribution is -0.148. The van der Waals surface area contributed by atoms with E-state index in [1.165, 1.54) is 0 Å². The molecule has 4 heteroatoms. The molecule has 2 aliphatic rings. The van der Waals surface area contributed by atoms with Crippen LogP contribution < -0.4 is 5.32 Å². The molecule has 0 bridgehead atoms. The van der Waals surface area contributed by atoms with Crippen molar-refractivity contribution < 1.29 is 9.53 Å². The molecule has 2 rings (SSSR count). The van der Waals surface area contributed by atoms with Crippen molar-refractivity contribution in [3.8, 4) is 0 Å². The highest BCUT2D eigenvalue weighted by Crippen LogP contribution is 2.20. The predicted molar refractivity (Wildman–Crippen MR) is 62.2 cm³/mol. The number of amides is 1. The number of nitrogens with zero attached hydrogens (tertiary/aromatic N) is 1. The summed E-state index contributed by atoms with van der Waals surface area (Å²) in [5, 5.41) is 3.26. The maximum Gasteiger partial charge on any atom is 0.227 e. The first-order valence-electron chi connectivity index (χ1n) is 6.35. The number of carbonyl (C=O) groups excluding carboxylic acids is 1. The van der Waals surface area contributed by atoms with Crippen molar-refractivity contribution in [3.05, 3.63) is 0 Å². The minimum absolute atomic E-state index is 0.182. The zero-order valence-corrected chi connectivity index (χ0v) is 10.2. The number of ether oxygens (including phenoxy) is 1. The Kier molecular flexibility index (Phi) is 3.82. The van der Waals surface area contributed by atoms with Gasteiger partial charge in [-0.3, -0.25) is 4.79 Å². The SMILES string of the molecule is CCC1COC(C)CN1C(=O)C1CCNC1. The Bertz CT molecular complexity index is 251. The molecule has 1 amide bonds. The second-order valence-electron chi connectivity index (χ2n) is 4.89. The quantitative estimate of drug-likeness (QED) is 0.750. The van der Waals surface area contributed by atoms with E-state index in [9.17, 15) is 4.79 Å². The summed E-state index contributed by atoms with van der Waals surface area (Å²) in [5.74, 6) is 0.520. The highest BCUT2D eigenvalue weighted by atomic mass is 16.5. The van der Waals surface area contributed by atoms with Gasteiger partial charge in [-0.25, -0.2) is 0 Å². The van der Waals surface area contributed by atoms with Crippen molar-refractivity contribution in [2.24, 2.45) is 5.92 Å². The third-order valence-corrected chi connectivity index (χ3v) is 3.63. The molecule has 2 fully saturated rings. The van der Waals surface area contributed by atoms with Crippen molar-refractivity contribution in [1.29, 1.82) is 0 Å². The summed E-state index contributed by atoms with van der Waals surface area (Å²) in [5.41, 5.74) is 0. The van der Waals surface area contributed by atoms with Crippen molar-refractivity contribution in [3.63, 3.8) is 0 Å². The minimum atomic E-state index is 0.182. The van der Waals surface area contributed by atoms with Gasteiger partial charge in [0.15, 0.2) is 0 Å². The topological polar surface area (TPSA) is 41.6 Å². The minimum Gasteiger partial charge on any atom is -0.375 e. The second-order valence-corrected chi connectivity index (χ2v) is 4.89. The fourth-order valence-corrected chi connectivity index (χ4v) is 2.55. The highest BCUT2D eigenvalue weighted by Gasteiger charge is 2.34. The number of carbonyl (C=O) groups is 1. The van der Waals surface area contributed by atoms with Gasteiger partial charge in [0.1, 0.15) is 0 Å². The molecule has 0 radical (unpaired) electrons. The Labute approximate surface area is 97.3 Å². The van der Waals surface area contributed by atoms with Crippen LogP contribution in [0.3, 0.4) is 0 Å². The zero-order valence-electron chi connectivity index (χ0n) is 10.2. The highest BCUT2D eigenvalue weighted by molar-refractivity contribution is 5.80. The molecule has 0 aromatic heterocycles. The van der Waals surface area contributed by atoms with Crippen LogP contribution in [-0.4, -0.2) is 49.2 Å². The van der Waals surface area contributed by atoms with E-state index in [0.29, 0.717) is 12.5 Å². The van der Waals surface area contributed by atoms with Crippen LogP contribution in [0.5, 0.6) is 0 Å². The van der Waals surface area contributed by atoms with Crippen LogP contribution in [0, 0.1) is 5.92 Å². The Morgan fingerprint density at radius 1 is 1.56 bits per heavy atom. The summed E-state index contributed by atoms with van der Waals surface area (Å²) in [6, 6.07) is 0.282. The summed E-state index contributed by atoms with van der Waals surface area (Å²) in [4.78, 5) is 14.4. The van der Waals surface area contributed by atoms with Gasteiger partial charge < -0.3 is 15.0 Å². The van der Waals surface area contributed by atoms with Gasteiger partial charge in [-0.15, -0.1) is 0 Å². The normalized spacial score (nSPS) is 35.4. The summed E-state index contributed by atoms with van der Waals surface area (Å²) >= 11 is 0. The molecule has 16 heavy (non-hydrogen) atoms. The van der Waals surface area contributed by atoms with Crippen LogP contribution in [0.25, 0.3) is 0 Å². The van der Waals surface area contributed by atoms with E-state index >= 15 is 0 Å². The van der Waals surface area contributed by atoms with Crippen LogP contribution in [0.4, 0.5) is 0 Å². The third-order valence-electron chi connectivity index (χ3n) is 3.63. The average molecular weight is 226 g/mol. The molecule has 92 valence electrons. The Morgan fingerprint density at radius 2 is 2.38 bits per heavy atom. The van der Waals surface area contributed by atoms with Gasteiger partial charge in [0, 0.05) is 13.1 Å². The van der Waals surface area contributed by atoms with E-state index in [0.717, 1.165) is 32.5 Å². The van der Waals surface area contributed by atoms with E-state index < -0.39 is 0 Å². The lowest BCUT2D eigenvalue weighted by Crippen LogP contribution is -2.53. The van der Waals surface area contributed by atoms with Crippen LogP contribution in [-0.2, 0) is 9.53 Å². The molecule has 4 nitrogen and oxygen atoms in total. The number of nitrogens with one attached hydrogen (secondary N) is 1. The van der Waals surface area contributed by atoms with Crippen molar-refractivity contribution in [1.82, 2.24) is 10.2 Å². The molecular weight excluding hydrogens is 204 g/mol. The van der Waals surface area contributed by atoms with Crippen LogP contribution >= 0.6 is 0 Å². The van der Waals surface area contributed by atoms with E-state index in [1.54, 1.807) is 0 Å². The molecule has 2 saturated heterocycles. The van der Waals surface area contributed by atoms with Gasteiger partial charge in [0.2, 0.25) is 5.91 Å². The third kappa shape index (κ3) is 2.38. The number of hydrogen-bond acceptors (Lipinski definition) is 3. The molecule has 3 atom stereocenters. The first-order chi connectivity index (χ1) is 7.72. The maximum atomic E-state index is 12.3. The van der Waals surface area contributed by atoms with Gasteiger partial charge in [0.25, 0.3) is 0 Å². The summed E-state index contributed by atoms with van der Waals surface area (Å²) in [6.07, 6.45) is 2.15. The molecule has 0 saturated carbocycles. The average Bonchev–Trinajstić information content (AvgIpc) is 2.81. The molecule has 0 aliphatic carbocycles. The van der Waals surface area contributed by atoms with Crippen molar-refractivity contribution in [2.75, 3.05) is 26.2 Å². The van der Waals surface area contributed by atoms with Gasteiger partial charge in [0.05, 0.1) is 24.7 Å². The Hall–Kier alpha value is -0.610. The van der Waals surface area contributed by atoms with Gasteiger partial charge >= 0.3 is 0 Å². The standard InChI is InChI=1S/C12H22N2O2/c1-3-11-8-16-9(2)7-14(11)12(15)10-4-5-13-6-10/h9-11,13H,3-8H2,1-2H3. The first-order valence-corrected chi connectivity index (χ1v) is 6.35. The second kappa shape index (κ2) is 5.15. The molecule has 0 aromatic carbocycles. The fraction of sp³-hybridized carbons (Fsp3) is 0.917. The summed E-state index contributed by atoms with van der Waals surface area (Å²) in [6.45, 7) is 7.45. The van der Waals surface area contributed by atoms with Crippen LogP contribution in [0.2, 0.25) is 0 Å². The first kappa shape index (κ1) is 11.9. The van der Waals surface area contributed by atoms with Crippen LogP contribution in [0.15, 0.2) is 0 Å². The van der Waals surface area contributed by atoms with E-state index in [1.807, 2.05) is 11.8 Å². The lowest BCUT2D eigenvalue weighted by atomic mass is 10.0. The number of morpholine rings is 1. The molecule has 0 spiro atoms. The largest absolute Gasteiger partial charge is 0.375 e. The lowest BCUT2D eigenvalue weighted by Gasteiger charge is -2.39. The van der Waals surface area contributed by atoms with E-state index in [2.05, 4.69) is 12.2 Å². The van der Waals surface area contributed by atoms with Crippen molar-refractivity contribution in [2.45, 2.75) is 38.8 Å². The monoisotopic (exact) mass is 226 g/mol. The van der Waals surface area contributed by atoms with Gasteiger partial charge in [-0.1, -0.05) is 6.92 Å². The Morgan fingerprint density at radius 3 is 3.00 bits per heavy atom. The molecule has 2 aliphatic heterocycles. The molecular formula is C12H22N2O2. The Balaban J connectivity index is 2.00. The summed E-state index contributed by atoms with van der Waals surface area (Å²) in [7, 11) is 0. The molecule has 1 N–H and O–H groups in total. The van der Waals surface area contributed by atoms with E-state index in [4.69, 9.17) is 4.74 Å². The van der Waals surface area contributed by atoms with Crippen LogP contribution in [0.1, 0.15) is 26.7 Å². The van der Waals surface area contributed by atoms with Crippen molar-refractivity contribution >= 4 is 5.91 Å². The van der Waals surface area contributed by atoms with Gasteiger partial charge in [-0.05, 0) is 26.3 Å². The molecule has 3 unspecified atom stereocenters. The fourth-order valence-electron chi connectivity index (χ4n) is 2.55. The van der Waals surface area contributed by atoms with Gasteiger partial charge in [-0.2, -0.15) is 0 Å². The molecule has 0 aromatic rings. The maximum absolute atomic E-state index is 12.3. The zero-order chi connectivity index (χ0) is 11.5. The smallest absolute Gasteiger partial charge is 0.227 e. The number of hydrogen-bond donors (Lipinski definition) is 1. The predicted octanol–water partition coefficient (Wildman–Crippen LogP) is 0.622. The molecule has 2 heterocycles. The summed E-state index contributed by atoms with van der Waals surface area (Å²) < 4.78 is 5.61. The number of rotatable bonds is 2. The van der Waals surface area contributed by atoms with E-state index in [-0.39, 0.29) is 18.1 Å².